The lowest BCUT2D eigenvalue weighted by Gasteiger charge is -2.22. The van der Waals surface area contributed by atoms with Crippen molar-refractivity contribution in [1.82, 2.24) is 9.88 Å². The Morgan fingerprint density at radius 3 is 3.09 bits per heavy atom. The molecule has 1 N–H and O–H groups in total. The van der Waals surface area contributed by atoms with E-state index in [1.807, 2.05) is 6.07 Å². The van der Waals surface area contributed by atoms with Crippen LogP contribution >= 0.6 is 11.6 Å². The second kappa shape index (κ2) is 6.68. The lowest BCUT2D eigenvalue weighted by atomic mass is 10.2. The quantitative estimate of drug-likeness (QED) is 0.928. The van der Waals surface area contributed by atoms with Crippen molar-refractivity contribution in [2.75, 3.05) is 19.8 Å². The highest BCUT2D eigenvalue weighted by Gasteiger charge is 2.34. The van der Waals surface area contributed by atoms with E-state index in [0.717, 1.165) is 5.39 Å². The van der Waals surface area contributed by atoms with E-state index >= 15 is 0 Å². The van der Waals surface area contributed by atoms with E-state index in [-0.39, 0.29) is 32.1 Å². The van der Waals surface area contributed by atoms with Crippen LogP contribution in [0.2, 0.25) is 5.02 Å². The zero-order chi connectivity index (χ0) is 16.4. The van der Waals surface area contributed by atoms with Crippen molar-refractivity contribution in [3.05, 3.63) is 35.5 Å². The molecule has 0 aliphatic carbocycles. The lowest BCUT2D eigenvalue weighted by molar-refractivity contribution is -0.135. The molecule has 1 amide bonds. The number of carbonyl (C=O) groups excluding carboxylic acids is 1. The maximum Gasteiger partial charge on any atom is 0.260 e. The maximum absolute atomic E-state index is 13.4. The van der Waals surface area contributed by atoms with Crippen molar-refractivity contribution in [2.45, 2.75) is 18.6 Å². The van der Waals surface area contributed by atoms with Crippen LogP contribution in [-0.4, -0.2) is 52.9 Å². The molecule has 0 unspecified atom stereocenters. The minimum Gasteiger partial charge on any atom is -0.481 e. The number of halogens is 2. The van der Waals surface area contributed by atoms with Crippen LogP contribution in [0.3, 0.4) is 0 Å². The van der Waals surface area contributed by atoms with Crippen molar-refractivity contribution in [3.8, 4) is 5.75 Å². The molecule has 0 saturated carbocycles. The second-order valence-electron chi connectivity index (χ2n) is 5.45. The number of fused-ring (bicyclic) bond motifs is 1. The van der Waals surface area contributed by atoms with Crippen LogP contribution in [0.5, 0.6) is 5.75 Å². The predicted molar refractivity (Wildman–Crippen MR) is 84.3 cm³/mol. The maximum atomic E-state index is 13.4. The van der Waals surface area contributed by atoms with Crippen molar-refractivity contribution in [2.24, 2.45) is 0 Å². The fourth-order valence-electron chi connectivity index (χ4n) is 2.79. The third kappa shape index (κ3) is 3.23. The second-order valence-corrected chi connectivity index (χ2v) is 5.86. The first-order chi connectivity index (χ1) is 11.1. The van der Waals surface area contributed by atoms with Crippen molar-refractivity contribution >= 4 is 28.4 Å². The Kier molecular flexibility index (Phi) is 4.63. The summed E-state index contributed by atoms with van der Waals surface area (Å²) in [4.78, 5) is 17.8. The Morgan fingerprint density at radius 1 is 1.48 bits per heavy atom. The Balaban J connectivity index is 1.74. The highest BCUT2D eigenvalue weighted by atomic mass is 35.5. The first kappa shape index (κ1) is 16.0. The number of ether oxygens (including phenoxy) is 1. The Bertz CT molecular complexity index is 728. The van der Waals surface area contributed by atoms with Crippen LogP contribution in [0.15, 0.2) is 30.5 Å². The number of aliphatic hydroxyl groups excluding tert-OH is 1. The van der Waals surface area contributed by atoms with Gasteiger partial charge in [0.1, 0.15) is 17.4 Å². The molecule has 1 fully saturated rings. The summed E-state index contributed by atoms with van der Waals surface area (Å²) in [6, 6.07) is 6.42. The van der Waals surface area contributed by atoms with Crippen molar-refractivity contribution < 1.29 is 19.0 Å². The third-order valence-electron chi connectivity index (χ3n) is 3.93. The molecule has 2 atom stereocenters. The summed E-state index contributed by atoms with van der Waals surface area (Å²) in [6.45, 7) is -0.499. The Morgan fingerprint density at radius 2 is 2.30 bits per heavy atom. The molecule has 2 aromatic rings. The van der Waals surface area contributed by atoms with Gasteiger partial charge in [-0.2, -0.15) is 0 Å². The van der Waals surface area contributed by atoms with Crippen molar-refractivity contribution in [1.29, 1.82) is 0 Å². The minimum atomic E-state index is -1.10. The molecule has 5 nitrogen and oxygen atoms in total. The molecule has 1 aromatic heterocycles. The average Bonchev–Trinajstić information content (AvgIpc) is 2.95. The summed E-state index contributed by atoms with van der Waals surface area (Å²) in [5.74, 6) is 0.0816. The van der Waals surface area contributed by atoms with E-state index in [4.69, 9.17) is 16.3 Å². The van der Waals surface area contributed by atoms with Crippen LogP contribution in [0.25, 0.3) is 10.9 Å². The normalized spacial score (nSPS) is 20.9. The summed E-state index contributed by atoms with van der Waals surface area (Å²) in [7, 11) is 0. The number of alkyl halides is 1. The summed E-state index contributed by atoms with van der Waals surface area (Å²) >= 11 is 6.11. The number of pyridine rings is 1. The number of hydrogen-bond acceptors (Lipinski definition) is 4. The van der Waals surface area contributed by atoms with E-state index in [0.29, 0.717) is 16.3 Å². The van der Waals surface area contributed by atoms with Gasteiger partial charge in [0.15, 0.2) is 6.61 Å². The number of rotatable bonds is 4. The van der Waals surface area contributed by atoms with Crippen LogP contribution in [0.4, 0.5) is 4.39 Å². The minimum absolute atomic E-state index is 0.00691. The fourth-order valence-corrected chi connectivity index (χ4v) is 3.00. The molecule has 3 rings (SSSR count). The molecule has 122 valence electrons. The molecular formula is C16H16ClFN2O3. The Hall–Kier alpha value is -1.92. The molecule has 1 saturated heterocycles. The first-order valence-corrected chi connectivity index (χ1v) is 7.68. The van der Waals surface area contributed by atoms with Gasteiger partial charge in [-0.05, 0) is 24.3 Å². The summed E-state index contributed by atoms with van der Waals surface area (Å²) in [6.07, 6.45) is 0.672. The molecule has 0 spiro atoms. The molecule has 7 heteroatoms. The molecule has 2 heterocycles. The van der Waals surface area contributed by atoms with Gasteiger partial charge in [-0.25, -0.2) is 4.39 Å². The standard InChI is InChI=1S/C16H16ClFN2O3/c17-13-3-4-14(16-12(13)2-1-5-19-16)23-9-15(22)20-7-10(18)6-11(20)8-21/h1-5,10-11,21H,6-9H2/t10-,11-/m0/s1. The zero-order valence-electron chi connectivity index (χ0n) is 12.3. The van der Waals surface area contributed by atoms with E-state index in [9.17, 15) is 14.3 Å². The molecular weight excluding hydrogens is 323 g/mol. The van der Waals surface area contributed by atoms with Gasteiger partial charge in [0.2, 0.25) is 0 Å². The van der Waals surface area contributed by atoms with E-state index in [2.05, 4.69) is 4.98 Å². The van der Waals surface area contributed by atoms with Gasteiger partial charge in [0, 0.05) is 18.0 Å². The molecule has 1 aliphatic heterocycles. The molecule has 0 radical (unpaired) electrons. The van der Waals surface area contributed by atoms with E-state index in [1.54, 1.807) is 24.4 Å². The Labute approximate surface area is 137 Å². The van der Waals surface area contributed by atoms with Gasteiger partial charge in [-0.3, -0.25) is 9.78 Å². The molecule has 23 heavy (non-hydrogen) atoms. The summed E-state index contributed by atoms with van der Waals surface area (Å²) in [5, 5.41) is 10.5. The SMILES string of the molecule is O=C(COc1ccc(Cl)c2cccnc12)N1C[C@@H](F)C[C@H]1CO. The summed E-state index contributed by atoms with van der Waals surface area (Å²) in [5.41, 5.74) is 0.566. The topological polar surface area (TPSA) is 62.7 Å². The van der Waals surface area contributed by atoms with Crippen LogP contribution in [0, 0.1) is 0 Å². The monoisotopic (exact) mass is 338 g/mol. The average molecular weight is 339 g/mol. The number of benzene rings is 1. The first-order valence-electron chi connectivity index (χ1n) is 7.30. The zero-order valence-corrected chi connectivity index (χ0v) is 13.0. The number of likely N-dealkylation sites (tertiary alicyclic amines) is 1. The number of aliphatic hydroxyl groups is 1. The van der Waals surface area contributed by atoms with Crippen LogP contribution in [-0.2, 0) is 4.79 Å². The number of nitrogens with zero attached hydrogens (tertiary/aromatic N) is 2. The number of hydrogen-bond donors (Lipinski definition) is 1. The highest BCUT2D eigenvalue weighted by Crippen LogP contribution is 2.29. The number of amides is 1. The van der Waals surface area contributed by atoms with Gasteiger partial charge in [-0.1, -0.05) is 11.6 Å². The van der Waals surface area contributed by atoms with Crippen LogP contribution in [0.1, 0.15) is 6.42 Å². The van der Waals surface area contributed by atoms with Gasteiger partial charge in [0.25, 0.3) is 5.91 Å². The molecule has 1 aromatic carbocycles. The molecule has 0 bridgehead atoms. The van der Waals surface area contributed by atoms with Gasteiger partial charge >= 0.3 is 0 Å². The van der Waals surface area contributed by atoms with E-state index in [1.165, 1.54) is 4.90 Å². The van der Waals surface area contributed by atoms with Gasteiger partial charge in [-0.15, -0.1) is 0 Å². The van der Waals surface area contributed by atoms with Crippen LogP contribution < -0.4 is 4.74 Å². The molecule has 1 aliphatic rings. The van der Waals surface area contributed by atoms with Gasteiger partial charge < -0.3 is 14.7 Å². The fraction of sp³-hybridized carbons (Fsp3) is 0.375. The number of aromatic nitrogens is 1. The van der Waals surface area contributed by atoms with Gasteiger partial charge in [0.05, 0.1) is 24.2 Å². The number of carbonyl (C=O) groups is 1. The highest BCUT2D eigenvalue weighted by molar-refractivity contribution is 6.35. The summed E-state index contributed by atoms with van der Waals surface area (Å²) < 4.78 is 19.0. The third-order valence-corrected chi connectivity index (χ3v) is 4.25. The van der Waals surface area contributed by atoms with E-state index < -0.39 is 12.2 Å². The largest absolute Gasteiger partial charge is 0.481 e. The smallest absolute Gasteiger partial charge is 0.260 e. The lowest BCUT2D eigenvalue weighted by Crippen LogP contribution is -2.40. The predicted octanol–water partition coefficient (Wildman–Crippen LogP) is 2.20. The van der Waals surface area contributed by atoms with Crippen molar-refractivity contribution in [3.63, 3.8) is 0 Å².